The molecular weight excluding hydrogens is 292 g/mol. The summed E-state index contributed by atoms with van der Waals surface area (Å²) in [5, 5.41) is 0. The van der Waals surface area contributed by atoms with E-state index in [1.165, 1.54) is 0 Å². The summed E-state index contributed by atoms with van der Waals surface area (Å²) < 4.78 is 6.14. The molecule has 3 nitrogen and oxygen atoms in total. The molecule has 0 fully saturated rings. The molecule has 0 saturated carbocycles. The van der Waals surface area contributed by atoms with Gasteiger partial charge in [-0.3, -0.25) is 0 Å². The van der Waals surface area contributed by atoms with Gasteiger partial charge in [0.05, 0.1) is 18.2 Å². The molecule has 0 saturated heterocycles. The lowest BCUT2D eigenvalue weighted by Gasteiger charge is -2.21. The maximum Gasteiger partial charge on any atom is 0.0952 e. The number of rotatable bonds is 4. The number of hydrogen-bond donors (Lipinski definition) is 1. The van der Waals surface area contributed by atoms with Crippen LogP contribution < -0.4 is 10.6 Å². The van der Waals surface area contributed by atoms with Gasteiger partial charge in [0.1, 0.15) is 0 Å². The standard InChI is InChI=1S/C14H17BrN2O/c1-10(16)12-3-4-14(13(15)7-12)17(2)8-11-5-6-18-9-11/h3-7,9-10H,8,16H2,1-2H3. The Morgan fingerprint density at radius 2 is 2.17 bits per heavy atom. The number of halogens is 1. The number of nitrogens with two attached hydrogens (primary N) is 1. The van der Waals surface area contributed by atoms with E-state index in [0.29, 0.717) is 0 Å². The van der Waals surface area contributed by atoms with Crippen LogP contribution in [-0.4, -0.2) is 7.05 Å². The summed E-state index contributed by atoms with van der Waals surface area (Å²) in [5.41, 5.74) is 9.29. The second-order valence-electron chi connectivity index (χ2n) is 4.49. The van der Waals surface area contributed by atoms with Gasteiger partial charge in [-0.15, -0.1) is 0 Å². The maximum absolute atomic E-state index is 5.87. The minimum Gasteiger partial charge on any atom is -0.472 e. The Hall–Kier alpha value is -1.26. The average molecular weight is 309 g/mol. The van der Waals surface area contributed by atoms with Crippen molar-refractivity contribution in [2.45, 2.75) is 19.5 Å². The van der Waals surface area contributed by atoms with Crippen molar-refractivity contribution in [2.75, 3.05) is 11.9 Å². The van der Waals surface area contributed by atoms with Crippen LogP contribution in [0.2, 0.25) is 0 Å². The van der Waals surface area contributed by atoms with E-state index < -0.39 is 0 Å². The van der Waals surface area contributed by atoms with Crippen LogP contribution in [0, 0.1) is 0 Å². The highest BCUT2D eigenvalue weighted by molar-refractivity contribution is 9.10. The fourth-order valence-electron chi connectivity index (χ4n) is 1.86. The summed E-state index contributed by atoms with van der Waals surface area (Å²) >= 11 is 3.60. The smallest absolute Gasteiger partial charge is 0.0952 e. The van der Waals surface area contributed by atoms with E-state index in [1.54, 1.807) is 12.5 Å². The normalized spacial score (nSPS) is 12.4. The Labute approximate surface area is 116 Å². The summed E-state index contributed by atoms with van der Waals surface area (Å²) in [4.78, 5) is 2.17. The molecule has 18 heavy (non-hydrogen) atoms. The molecule has 1 atom stereocenters. The van der Waals surface area contributed by atoms with Crippen molar-refractivity contribution in [3.8, 4) is 0 Å². The zero-order chi connectivity index (χ0) is 13.1. The van der Waals surface area contributed by atoms with Gasteiger partial charge in [-0.1, -0.05) is 6.07 Å². The first-order valence-electron chi connectivity index (χ1n) is 5.85. The predicted molar refractivity (Wildman–Crippen MR) is 77.6 cm³/mol. The first kappa shape index (κ1) is 13.2. The van der Waals surface area contributed by atoms with Crippen molar-refractivity contribution >= 4 is 21.6 Å². The molecule has 2 aromatic rings. The molecule has 1 heterocycles. The van der Waals surface area contributed by atoms with Crippen LogP contribution in [0.3, 0.4) is 0 Å². The minimum absolute atomic E-state index is 0.0505. The molecule has 0 bridgehead atoms. The fourth-order valence-corrected chi connectivity index (χ4v) is 2.56. The SMILES string of the molecule is CC(N)c1ccc(N(C)Cc2ccoc2)c(Br)c1. The summed E-state index contributed by atoms with van der Waals surface area (Å²) in [7, 11) is 2.05. The number of furan rings is 1. The zero-order valence-electron chi connectivity index (χ0n) is 10.6. The second kappa shape index (κ2) is 5.59. The van der Waals surface area contributed by atoms with Crippen LogP contribution >= 0.6 is 15.9 Å². The molecule has 1 aromatic heterocycles. The van der Waals surface area contributed by atoms with E-state index in [-0.39, 0.29) is 6.04 Å². The lowest BCUT2D eigenvalue weighted by atomic mass is 10.1. The Morgan fingerprint density at radius 3 is 2.72 bits per heavy atom. The summed E-state index contributed by atoms with van der Waals surface area (Å²) in [6.07, 6.45) is 3.46. The molecule has 2 N–H and O–H groups in total. The number of benzene rings is 1. The Kier molecular flexibility index (Phi) is 4.09. The molecule has 0 aliphatic heterocycles. The number of anilines is 1. The Balaban J connectivity index is 2.17. The third-order valence-corrected chi connectivity index (χ3v) is 3.54. The van der Waals surface area contributed by atoms with Crippen molar-refractivity contribution in [1.82, 2.24) is 0 Å². The van der Waals surface area contributed by atoms with Gasteiger partial charge in [0.15, 0.2) is 0 Å². The molecule has 0 radical (unpaired) electrons. The highest BCUT2D eigenvalue weighted by atomic mass is 79.9. The van der Waals surface area contributed by atoms with Crippen LogP contribution in [-0.2, 0) is 6.54 Å². The lowest BCUT2D eigenvalue weighted by Crippen LogP contribution is -2.16. The average Bonchev–Trinajstić information content (AvgIpc) is 2.81. The topological polar surface area (TPSA) is 42.4 Å². The van der Waals surface area contributed by atoms with Crippen LogP contribution in [0.1, 0.15) is 24.1 Å². The van der Waals surface area contributed by atoms with Crippen molar-refractivity contribution in [3.63, 3.8) is 0 Å². The molecule has 2 rings (SSSR count). The largest absolute Gasteiger partial charge is 0.472 e. The molecule has 1 unspecified atom stereocenters. The van der Waals surface area contributed by atoms with Crippen LogP contribution in [0.5, 0.6) is 0 Å². The second-order valence-corrected chi connectivity index (χ2v) is 5.34. The van der Waals surface area contributed by atoms with Crippen molar-refractivity contribution in [3.05, 3.63) is 52.4 Å². The molecule has 0 aliphatic rings. The van der Waals surface area contributed by atoms with Crippen molar-refractivity contribution in [1.29, 1.82) is 0 Å². The quantitative estimate of drug-likeness (QED) is 0.936. The predicted octanol–water partition coefficient (Wildman–Crippen LogP) is 3.70. The zero-order valence-corrected chi connectivity index (χ0v) is 12.1. The van der Waals surface area contributed by atoms with Gasteiger partial charge in [0.2, 0.25) is 0 Å². The first-order chi connectivity index (χ1) is 8.58. The van der Waals surface area contributed by atoms with E-state index >= 15 is 0 Å². The lowest BCUT2D eigenvalue weighted by molar-refractivity contribution is 0.563. The van der Waals surface area contributed by atoms with Crippen LogP contribution in [0.25, 0.3) is 0 Å². The van der Waals surface area contributed by atoms with Gasteiger partial charge in [-0.2, -0.15) is 0 Å². The molecule has 4 heteroatoms. The van der Waals surface area contributed by atoms with E-state index in [2.05, 4.69) is 46.1 Å². The third-order valence-electron chi connectivity index (χ3n) is 2.91. The summed E-state index contributed by atoms with van der Waals surface area (Å²) in [6, 6.07) is 8.25. The molecule has 1 aromatic carbocycles. The maximum atomic E-state index is 5.87. The molecule has 0 aliphatic carbocycles. The van der Waals surface area contributed by atoms with E-state index in [4.69, 9.17) is 10.2 Å². The summed E-state index contributed by atoms with van der Waals surface area (Å²) in [5.74, 6) is 0. The first-order valence-corrected chi connectivity index (χ1v) is 6.64. The molecule has 0 amide bonds. The van der Waals surface area contributed by atoms with Crippen molar-refractivity contribution < 1.29 is 4.42 Å². The number of nitrogens with zero attached hydrogens (tertiary/aromatic N) is 1. The van der Waals surface area contributed by atoms with E-state index in [1.807, 2.05) is 13.0 Å². The van der Waals surface area contributed by atoms with E-state index in [0.717, 1.165) is 27.8 Å². The number of hydrogen-bond acceptors (Lipinski definition) is 3. The Bertz CT molecular complexity index is 509. The monoisotopic (exact) mass is 308 g/mol. The minimum atomic E-state index is 0.0505. The molecule has 0 spiro atoms. The van der Waals surface area contributed by atoms with Gasteiger partial charge < -0.3 is 15.1 Å². The highest BCUT2D eigenvalue weighted by Crippen LogP contribution is 2.29. The van der Waals surface area contributed by atoms with Gasteiger partial charge in [0, 0.05) is 29.7 Å². The Morgan fingerprint density at radius 1 is 1.39 bits per heavy atom. The van der Waals surface area contributed by atoms with Gasteiger partial charge in [-0.05, 0) is 46.6 Å². The molecular formula is C14H17BrN2O. The highest BCUT2D eigenvalue weighted by Gasteiger charge is 2.09. The summed E-state index contributed by atoms with van der Waals surface area (Å²) in [6.45, 7) is 2.79. The fraction of sp³-hybridized carbons (Fsp3) is 0.286. The molecule has 96 valence electrons. The third kappa shape index (κ3) is 2.94. The van der Waals surface area contributed by atoms with Crippen LogP contribution in [0.4, 0.5) is 5.69 Å². The van der Waals surface area contributed by atoms with E-state index in [9.17, 15) is 0 Å². The van der Waals surface area contributed by atoms with Gasteiger partial charge in [0.25, 0.3) is 0 Å². The van der Waals surface area contributed by atoms with Gasteiger partial charge >= 0.3 is 0 Å². The van der Waals surface area contributed by atoms with Gasteiger partial charge in [-0.25, -0.2) is 0 Å². The van der Waals surface area contributed by atoms with Crippen molar-refractivity contribution in [2.24, 2.45) is 5.73 Å². The van der Waals surface area contributed by atoms with Crippen LogP contribution in [0.15, 0.2) is 45.7 Å².